The zero-order valence-corrected chi connectivity index (χ0v) is 39.2. The van der Waals surface area contributed by atoms with E-state index in [0.29, 0.717) is 77.3 Å². The lowest BCUT2D eigenvalue weighted by molar-refractivity contribution is -0.136. The maximum Gasteiger partial charge on any atom is 0.407 e. The number of aromatic amines is 2. The highest BCUT2D eigenvalue weighted by Gasteiger charge is 2.40. The number of hydrogen-bond donors (Lipinski definition) is 4. The van der Waals surface area contributed by atoms with Crippen molar-refractivity contribution >= 4 is 46.2 Å². The number of likely N-dealkylation sites (tertiary alicyclic amines) is 2. The van der Waals surface area contributed by atoms with Crippen LogP contribution in [0.1, 0.15) is 100 Å². The number of hydrogen-bond acceptors (Lipinski definition) is 12. The average Bonchev–Trinajstić information content (AvgIpc) is 4.18. The van der Waals surface area contributed by atoms with Crippen molar-refractivity contribution in [2.75, 3.05) is 27.3 Å². The van der Waals surface area contributed by atoms with Crippen LogP contribution in [0.3, 0.4) is 0 Å². The molecule has 67 heavy (non-hydrogen) atoms. The summed E-state index contributed by atoms with van der Waals surface area (Å²) in [7, 11) is 2.53. The third kappa shape index (κ3) is 8.46. The summed E-state index contributed by atoms with van der Waals surface area (Å²) in [6.07, 6.45) is 4.90. The van der Waals surface area contributed by atoms with Gasteiger partial charge in [0.2, 0.25) is 18.0 Å². The Morgan fingerprint density at radius 2 is 1.40 bits per heavy atom. The minimum atomic E-state index is -0.779. The number of aromatic nitrogens is 7. The van der Waals surface area contributed by atoms with E-state index >= 15 is 4.39 Å². The summed E-state index contributed by atoms with van der Waals surface area (Å²) >= 11 is 1.44. The number of amides is 4. The van der Waals surface area contributed by atoms with Gasteiger partial charge in [-0.15, -0.1) is 10.2 Å². The molecule has 3 aliphatic rings. The molecule has 352 valence electrons. The fourth-order valence-corrected chi connectivity index (χ4v) is 10.3. The van der Waals surface area contributed by atoms with Gasteiger partial charge in [0.1, 0.15) is 40.3 Å². The van der Waals surface area contributed by atoms with Gasteiger partial charge in [0.15, 0.2) is 5.01 Å². The lowest BCUT2D eigenvalue weighted by Gasteiger charge is -2.30. The number of fused-ring (bicyclic) bond motifs is 5. The molecule has 4 aromatic heterocycles. The van der Waals surface area contributed by atoms with Crippen LogP contribution in [0.25, 0.3) is 44.7 Å². The van der Waals surface area contributed by atoms with E-state index in [2.05, 4.69) is 35.8 Å². The van der Waals surface area contributed by atoms with Crippen LogP contribution in [0.5, 0.6) is 5.75 Å². The molecular weight excluding hydrogens is 882 g/mol. The predicted molar refractivity (Wildman–Crippen MR) is 246 cm³/mol. The number of imidazole rings is 2. The summed E-state index contributed by atoms with van der Waals surface area (Å²) in [6.45, 7) is 10.5. The van der Waals surface area contributed by atoms with Gasteiger partial charge < -0.3 is 44.6 Å². The van der Waals surface area contributed by atoms with Gasteiger partial charge in [-0.3, -0.25) is 14.2 Å². The van der Waals surface area contributed by atoms with Crippen molar-refractivity contribution in [3.05, 3.63) is 76.3 Å². The topological polar surface area (TPSA) is 215 Å². The fourth-order valence-electron chi connectivity index (χ4n) is 9.46. The minimum Gasteiger partial charge on any atom is -0.462 e. The van der Waals surface area contributed by atoms with Crippen LogP contribution in [-0.2, 0) is 25.5 Å². The van der Waals surface area contributed by atoms with Gasteiger partial charge in [0.25, 0.3) is 0 Å². The molecule has 9 rings (SSSR count). The van der Waals surface area contributed by atoms with E-state index in [9.17, 15) is 19.2 Å². The Morgan fingerprint density at radius 1 is 0.821 bits per heavy atom. The molecule has 6 aromatic rings. The van der Waals surface area contributed by atoms with E-state index in [1.807, 2.05) is 63.5 Å². The third-order valence-electron chi connectivity index (χ3n) is 12.9. The average molecular weight is 936 g/mol. The van der Waals surface area contributed by atoms with Crippen LogP contribution in [0.15, 0.2) is 48.8 Å². The van der Waals surface area contributed by atoms with Gasteiger partial charge in [0.05, 0.1) is 66.9 Å². The lowest BCUT2D eigenvalue weighted by Crippen LogP contribution is -2.51. The highest BCUT2D eigenvalue weighted by molar-refractivity contribution is 7.11. The van der Waals surface area contributed by atoms with Crippen LogP contribution in [0.4, 0.5) is 14.0 Å². The number of H-pyrrole nitrogens is 2. The van der Waals surface area contributed by atoms with Gasteiger partial charge in [-0.2, -0.15) is 0 Å². The van der Waals surface area contributed by atoms with E-state index in [0.717, 1.165) is 40.0 Å². The molecule has 4 amide bonds. The number of nitrogens with zero attached hydrogens (tertiary/aromatic N) is 7. The van der Waals surface area contributed by atoms with Gasteiger partial charge in [0, 0.05) is 29.6 Å². The molecule has 4 N–H and O–H groups in total. The number of carbonyl (C=O) groups excluding carboxylic acids is 4. The predicted octanol–water partition coefficient (Wildman–Crippen LogP) is 7.67. The Labute approximate surface area is 390 Å². The maximum atomic E-state index is 16.8. The number of methoxy groups -OCH3 is 2. The number of aryl methyl sites for hydroxylation is 1. The van der Waals surface area contributed by atoms with Crippen molar-refractivity contribution in [2.24, 2.45) is 11.8 Å². The van der Waals surface area contributed by atoms with Crippen molar-refractivity contribution in [1.82, 2.24) is 55.1 Å². The Balaban J connectivity index is 1.03. The normalized spacial score (nSPS) is 18.7. The first-order valence-corrected chi connectivity index (χ1v) is 23.5. The molecule has 0 bridgehead atoms. The molecule has 2 aromatic carbocycles. The van der Waals surface area contributed by atoms with Crippen molar-refractivity contribution < 1.29 is 37.8 Å². The molecule has 0 aliphatic carbocycles. The summed E-state index contributed by atoms with van der Waals surface area (Å²) < 4.78 is 35.1. The third-order valence-corrected chi connectivity index (χ3v) is 14.0. The molecule has 5 atom stereocenters. The van der Waals surface area contributed by atoms with Crippen molar-refractivity contribution in [1.29, 1.82) is 0 Å². The monoisotopic (exact) mass is 935 g/mol. The van der Waals surface area contributed by atoms with E-state index in [1.54, 1.807) is 28.3 Å². The standard InChI is InChI=1S/C47H54FN11O7S/c1-8-36-55-56-42(67-36)45-59-31-14-13-25(29-21-49-40(51-29)32-11-9-15-57(32)43(60)38(23(2)3)53-46(62)64-6)17-27(31)19-34(59)37-28(48)18-26(20-35(37)66-45)30-22-50-41(52-30)33-12-10-16-58(33)44(61)39(24(4)5)54-47(63)65-7/h13-14,17-24,32-33,38-39,45H,8-12,15-16H2,1-7H3,(H,49,51)(H,50,52)(H,53,62)(H,54,63)/t32-,33-,38?,39-,45?/m0/s1. The van der Waals surface area contributed by atoms with Crippen LogP contribution in [-0.4, -0.2) is 108 Å². The van der Waals surface area contributed by atoms with E-state index < -0.39 is 36.3 Å². The zero-order chi connectivity index (χ0) is 47.3. The number of halogens is 1. The Morgan fingerprint density at radius 3 is 1.94 bits per heavy atom. The molecule has 2 unspecified atom stereocenters. The van der Waals surface area contributed by atoms with Gasteiger partial charge in [-0.25, -0.2) is 23.9 Å². The summed E-state index contributed by atoms with van der Waals surface area (Å²) in [4.78, 5) is 71.5. The second-order valence-corrected chi connectivity index (χ2v) is 18.9. The minimum absolute atomic E-state index is 0.158. The molecule has 18 nitrogen and oxygen atoms in total. The molecule has 0 radical (unpaired) electrons. The summed E-state index contributed by atoms with van der Waals surface area (Å²) in [5.41, 5.74) is 4.33. The van der Waals surface area contributed by atoms with Crippen LogP contribution >= 0.6 is 11.3 Å². The molecule has 0 spiro atoms. The number of rotatable bonds is 12. The van der Waals surface area contributed by atoms with E-state index in [1.165, 1.54) is 31.6 Å². The van der Waals surface area contributed by atoms with Crippen molar-refractivity contribution in [3.63, 3.8) is 0 Å². The van der Waals surface area contributed by atoms with Crippen molar-refractivity contribution in [3.8, 4) is 39.5 Å². The number of alkyl carbamates (subject to hydrolysis) is 2. The summed E-state index contributed by atoms with van der Waals surface area (Å²) in [5, 5.41) is 16.6. The molecule has 0 saturated carbocycles. The van der Waals surface area contributed by atoms with Crippen LogP contribution in [0.2, 0.25) is 0 Å². The molecule has 2 saturated heterocycles. The highest BCUT2D eigenvalue weighted by atomic mass is 32.1. The molecule has 20 heteroatoms. The van der Waals surface area contributed by atoms with Gasteiger partial charge >= 0.3 is 12.2 Å². The Kier molecular flexibility index (Phi) is 12.5. The summed E-state index contributed by atoms with van der Waals surface area (Å²) in [5.74, 6) is 0.267. The first-order valence-electron chi connectivity index (χ1n) is 22.7. The van der Waals surface area contributed by atoms with Gasteiger partial charge in [-0.05, 0) is 74.3 Å². The zero-order valence-electron chi connectivity index (χ0n) is 38.4. The smallest absolute Gasteiger partial charge is 0.407 e. The number of carbonyl (C=O) groups is 4. The molecule has 7 heterocycles. The first-order chi connectivity index (χ1) is 32.3. The Bertz CT molecular complexity index is 2850. The maximum absolute atomic E-state index is 16.8. The summed E-state index contributed by atoms with van der Waals surface area (Å²) in [6, 6.07) is 8.96. The molecule has 3 aliphatic heterocycles. The second-order valence-electron chi connectivity index (χ2n) is 17.8. The van der Waals surface area contributed by atoms with Gasteiger partial charge in [-0.1, -0.05) is 52.0 Å². The largest absolute Gasteiger partial charge is 0.462 e. The fraction of sp³-hybridized carbons (Fsp3) is 0.447. The SMILES string of the molecule is CCc1nnc(C2Oc3cc(-c4cnc([C@@H]5CCCN5C(=O)[C@@H](NC(=O)OC)C(C)C)[nH]4)cc(F)c3-c3cc4cc(-c5cnc([C@@H]6CCCN6C(=O)C(NC(=O)OC)C(C)C)[nH]5)ccc4n32)s1. The highest BCUT2D eigenvalue weighted by Crippen LogP contribution is 2.48. The van der Waals surface area contributed by atoms with E-state index in [-0.39, 0.29) is 35.7 Å². The van der Waals surface area contributed by atoms with Crippen LogP contribution < -0.4 is 15.4 Å². The molecule has 2 fully saturated rings. The van der Waals surface area contributed by atoms with Crippen LogP contribution in [0, 0.1) is 17.7 Å². The lowest BCUT2D eigenvalue weighted by atomic mass is 10.0. The molecular formula is C47H54FN11O7S. The van der Waals surface area contributed by atoms with Crippen molar-refractivity contribution in [2.45, 2.75) is 97.1 Å². The number of benzene rings is 2. The van der Waals surface area contributed by atoms with E-state index in [4.69, 9.17) is 19.2 Å². The number of ether oxygens (including phenoxy) is 3. The number of nitrogens with one attached hydrogen (secondary N) is 4. The quantitative estimate of drug-likeness (QED) is 0.0934. The first kappa shape index (κ1) is 45.3. The Hall–Kier alpha value is -6.83. The second kappa shape index (κ2) is 18.5.